The molecule has 0 N–H and O–H groups in total. The highest BCUT2D eigenvalue weighted by Gasteiger charge is 2.28. The molecule has 1 amide bonds. The Balaban J connectivity index is 1.69. The minimum absolute atomic E-state index is 0.0351. The van der Waals surface area contributed by atoms with Crippen molar-refractivity contribution in [3.8, 4) is 0 Å². The highest BCUT2D eigenvalue weighted by Crippen LogP contribution is 2.14. The van der Waals surface area contributed by atoms with Crippen LogP contribution in [0.25, 0.3) is 0 Å². The Morgan fingerprint density at radius 2 is 1.96 bits per heavy atom. The van der Waals surface area contributed by atoms with Crippen molar-refractivity contribution in [1.82, 2.24) is 19.8 Å². The largest absolute Gasteiger partial charge is 0.370 e. The second-order valence-corrected chi connectivity index (χ2v) is 7.47. The number of ether oxygens (including phenoxy) is 1. The third-order valence-corrected chi connectivity index (χ3v) is 4.53. The predicted octanol–water partition coefficient (Wildman–Crippen LogP) is 2.36. The van der Waals surface area contributed by atoms with Crippen LogP contribution < -0.4 is 0 Å². The number of rotatable bonds is 7. The van der Waals surface area contributed by atoms with Gasteiger partial charge in [0.1, 0.15) is 0 Å². The van der Waals surface area contributed by atoms with E-state index >= 15 is 0 Å². The van der Waals surface area contributed by atoms with Gasteiger partial charge < -0.3 is 9.64 Å². The smallest absolute Gasteiger partial charge is 0.236 e. The topological polar surface area (TPSA) is 58.6 Å². The van der Waals surface area contributed by atoms with Crippen LogP contribution in [0.15, 0.2) is 48.9 Å². The lowest BCUT2D eigenvalue weighted by molar-refractivity contribution is -0.132. The number of nitrogens with zero attached hydrogens (tertiary/aromatic N) is 4. The predicted molar refractivity (Wildman–Crippen MR) is 104 cm³/mol. The van der Waals surface area contributed by atoms with E-state index in [4.69, 9.17) is 4.74 Å². The van der Waals surface area contributed by atoms with Gasteiger partial charge in [-0.3, -0.25) is 19.7 Å². The van der Waals surface area contributed by atoms with E-state index in [0.29, 0.717) is 38.7 Å². The van der Waals surface area contributed by atoms with Crippen molar-refractivity contribution in [3.05, 3.63) is 60.2 Å². The molecule has 0 saturated carbocycles. The van der Waals surface area contributed by atoms with Gasteiger partial charge in [-0.1, -0.05) is 19.9 Å². The first-order chi connectivity index (χ1) is 13.1. The minimum atomic E-state index is -0.0351. The third-order valence-electron chi connectivity index (χ3n) is 4.53. The van der Waals surface area contributed by atoms with Crippen molar-refractivity contribution >= 4 is 5.91 Å². The number of hydrogen-bond acceptors (Lipinski definition) is 5. The summed E-state index contributed by atoms with van der Waals surface area (Å²) in [6.45, 7) is 7.94. The van der Waals surface area contributed by atoms with Crippen LogP contribution in [0.1, 0.15) is 25.1 Å². The highest BCUT2D eigenvalue weighted by atomic mass is 16.5. The van der Waals surface area contributed by atoms with Crippen molar-refractivity contribution in [1.29, 1.82) is 0 Å². The highest BCUT2D eigenvalue weighted by molar-refractivity contribution is 5.78. The molecule has 1 fully saturated rings. The molecule has 144 valence electrons. The second-order valence-electron chi connectivity index (χ2n) is 7.47. The van der Waals surface area contributed by atoms with E-state index in [1.165, 1.54) is 0 Å². The zero-order valence-corrected chi connectivity index (χ0v) is 16.1. The number of carbonyl (C=O) groups excluding carboxylic acids is 1. The fourth-order valence-electron chi connectivity index (χ4n) is 3.31. The minimum Gasteiger partial charge on any atom is -0.370 e. The van der Waals surface area contributed by atoms with E-state index in [1.54, 1.807) is 18.6 Å². The molecule has 0 aliphatic carbocycles. The molecule has 1 atom stereocenters. The van der Waals surface area contributed by atoms with Gasteiger partial charge in [0.05, 0.1) is 24.9 Å². The third kappa shape index (κ3) is 6.12. The summed E-state index contributed by atoms with van der Waals surface area (Å²) < 4.78 is 6.19. The Hall–Kier alpha value is -2.31. The molecule has 0 bridgehead atoms. The van der Waals surface area contributed by atoms with Crippen LogP contribution in [-0.4, -0.2) is 58.0 Å². The van der Waals surface area contributed by atoms with E-state index in [-0.39, 0.29) is 12.0 Å². The fourth-order valence-corrected chi connectivity index (χ4v) is 3.31. The van der Waals surface area contributed by atoms with Gasteiger partial charge in [0, 0.05) is 44.8 Å². The zero-order valence-electron chi connectivity index (χ0n) is 16.1. The van der Waals surface area contributed by atoms with E-state index in [2.05, 4.69) is 28.7 Å². The first kappa shape index (κ1) is 19.5. The van der Waals surface area contributed by atoms with E-state index in [1.807, 2.05) is 35.2 Å². The van der Waals surface area contributed by atoms with Crippen LogP contribution in [0.2, 0.25) is 0 Å². The average molecular weight is 368 g/mol. The SMILES string of the molecule is CC(C)CN1CC(OCc2ccncc2)CN(Cc2ccccn2)CC1=O. The summed E-state index contributed by atoms with van der Waals surface area (Å²) in [6.07, 6.45) is 5.30. The summed E-state index contributed by atoms with van der Waals surface area (Å²) in [5.41, 5.74) is 2.06. The van der Waals surface area contributed by atoms with Crippen LogP contribution in [0.4, 0.5) is 0 Å². The quantitative estimate of drug-likeness (QED) is 0.751. The monoisotopic (exact) mass is 368 g/mol. The summed E-state index contributed by atoms with van der Waals surface area (Å²) in [7, 11) is 0. The maximum atomic E-state index is 12.8. The molecular formula is C21H28N4O2. The van der Waals surface area contributed by atoms with Crippen LogP contribution >= 0.6 is 0 Å². The summed E-state index contributed by atoms with van der Waals surface area (Å²) in [5.74, 6) is 0.590. The van der Waals surface area contributed by atoms with Crippen LogP contribution in [-0.2, 0) is 22.7 Å². The van der Waals surface area contributed by atoms with Gasteiger partial charge in [-0.25, -0.2) is 0 Å². The van der Waals surface area contributed by atoms with E-state index in [0.717, 1.165) is 17.8 Å². The van der Waals surface area contributed by atoms with Crippen LogP contribution in [0, 0.1) is 5.92 Å². The molecule has 3 heterocycles. The van der Waals surface area contributed by atoms with Crippen molar-refractivity contribution < 1.29 is 9.53 Å². The Morgan fingerprint density at radius 1 is 1.15 bits per heavy atom. The van der Waals surface area contributed by atoms with Gasteiger partial charge in [-0.05, 0) is 35.7 Å². The van der Waals surface area contributed by atoms with Gasteiger partial charge in [0.2, 0.25) is 5.91 Å². The Kier molecular flexibility index (Phi) is 6.90. The van der Waals surface area contributed by atoms with Gasteiger partial charge in [-0.15, -0.1) is 0 Å². The van der Waals surface area contributed by atoms with Crippen LogP contribution in [0.3, 0.4) is 0 Å². The molecule has 2 aromatic rings. The first-order valence-corrected chi connectivity index (χ1v) is 9.50. The molecule has 0 radical (unpaired) electrons. The molecule has 3 rings (SSSR count). The van der Waals surface area contributed by atoms with Crippen molar-refractivity contribution in [2.45, 2.75) is 33.1 Å². The normalized spacial score (nSPS) is 18.7. The molecule has 0 aromatic carbocycles. The molecule has 1 aliphatic rings. The molecule has 1 saturated heterocycles. The van der Waals surface area contributed by atoms with Gasteiger partial charge in [-0.2, -0.15) is 0 Å². The standard InChI is InChI=1S/C21H28N4O2/c1-17(2)11-25-14-20(27-16-18-6-9-22-10-7-18)13-24(15-21(25)26)12-19-5-3-4-8-23-19/h3-10,17,20H,11-16H2,1-2H3. The van der Waals surface area contributed by atoms with Gasteiger partial charge >= 0.3 is 0 Å². The molecule has 1 unspecified atom stereocenters. The summed E-state index contributed by atoms with van der Waals surface area (Å²) in [5, 5.41) is 0. The van der Waals surface area contributed by atoms with E-state index in [9.17, 15) is 4.79 Å². The Labute approximate surface area is 161 Å². The summed E-state index contributed by atoms with van der Waals surface area (Å²) >= 11 is 0. The molecule has 6 nitrogen and oxygen atoms in total. The molecule has 0 spiro atoms. The van der Waals surface area contributed by atoms with Crippen molar-refractivity contribution in [3.63, 3.8) is 0 Å². The van der Waals surface area contributed by atoms with Crippen LogP contribution in [0.5, 0.6) is 0 Å². The maximum Gasteiger partial charge on any atom is 0.236 e. The second kappa shape index (κ2) is 9.58. The molecular weight excluding hydrogens is 340 g/mol. The molecule has 6 heteroatoms. The zero-order chi connectivity index (χ0) is 19.1. The summed E-state index contributed by atoms with van der Waals surface area (Å²) in [4.78, 5) is 25.3. The summed E-state index contributed by atoms with van der Waals surface area (Å²) in [6, 6.07) is 9.79. The average Bonchev–Trinajstić information content (AvgIpc) is 2.80. The van der Waals surface area contributed by atoms with E-state index < -0.39 is 0 Å². The molecule has 1 aliphatic heterocycles. The lowest BCUT2D eigenvalue weighted by Crippen LogP contribution is -2.40. The molecule has 2 aromatic heterocycles. The number of pyridine rings is 2. The van der Waals surface area contributed by atoms with Crippen molar-refractivity contribution in [2.75, 3.05) is 26.2 Å². The van der Waals surface area contributed by atoms with Crippen molar-refractivity contribution in [2.24, 2.45) is 5.92 Å². The number of aromatic nitrogens is 2. The fraction of sp³-hybridized carbons (Fsp3) is 0.476. The first-order valence-electron chi connectivity index (χ1n) is 9.50. The Bertz CT molecular complexity index is 709. The lowest BCUT2D eigenvalue weighted by Gasteiger charge is -2.26. The van der Waals surface area contributed by atoms with Gasteiger partial charge in [0.15, 0.2) is 0 Å². The number of amides is 1. The maximum absolute atomic E-state index is 12.8. The molecule has 27 heavy (non-hydrogen) atoms. The Morgan fingerprint density at radius 3 is 2.67 bits per heavy atom. The van der Waals surface area contributed by atoms with Gasteiger partial charge in [0.25, 0.3) is 0 Å². The number of carbonyl (C=O) groups is 1. The lowest BCUT2D eigenvalue weighted by atomic mass is 10.2. The number of hydrogen-bond donors (Lipinski definition) is 0.